The number of benzene rings is 1. The molecule has 0 radical (unpaired) electrons. The largest absolute Gasteiger partial charge is 0.330 e. The zero-order chi connectivity index (χ0) is 14.0. The van der Waals surface area contributed by atoms with Crippen LogP contribution in [0.2, 0.25) is 0 Å². The van der Waals surface area contributed by atoms with Gasteiger partial charge >= 0.3 is 0 Å². The molecular formula is C19H29N. The number of hydrogen-bond donors (Lipinski definition) is 1. The van der Waals surface area contributed by atoms with Gasteiger partial charge in [-0.2, -0.15) is 0 Å². The maximum absolute atomic E-state index is 6.10. The van der Waals surface area contributed by atoms with Crippen LogP contribution in [0.3, 0.4) is 0 Å². The molecule has 2 saturated carbocycles. The predicted octanol–water partition coefficient (Wildman–Crippen LogP) is 4.75. The third kappa shape index (κ3) is 2.65. The van der Waals surface area contributed by atoms with Crippen LogP contribution in [0.4, 0.5) is 0 Å². The van der Waals surface area contributed by atoms with Crippen molar-refractivity contribution in [3.8, 4) is 0 Å². The first-order valence-electron chi connectivity index (χ1n) is 8.54. The molecule has 2 aliphatic carbocycles. The summed E-state index contributed by atoms with van der Waals surface area (Å²) in [5.41, 5.74) is 9.44. The van der Waals surface area contributed by atoms with Crippen molar-refractivity contribution in [2.75, 3.05) is 6.54 Å². The second kappa shape index (κ2) is 5.89. The predicted molar refractivity (Wildman–Crippen MR) is 86.0 cm³/mol. The minimum absolute atomic E-state index is 0.291. The van der Waals surface area contributed by atoms with Gasteiger partial charge in [0.25, 0.3) is 0 Å². The van der Waals surface area contributed by atoms with Crippen molar-refractivity contribution < 1.29 is 0 Å². The quantitative estimate of drug-likeness (QED) is 0.843. The van der Waals surface area contributed by atoms with Gasteiger partial charge in [0.1, 0.15) is 0 Å². The van der Waals surface area contributed by atoms with Crippen LogP contribution in [0.15, 0.2) is 24.3 Å². The molecule has 0 aliphatic heterocycles. The van der Waals surface area contributed by atoms with E-state index in [0.717, 1.165) is 18.4 Å². The highest BCUT2D eigenvalue weighted by atomic mass is 14.6. The minimum Gasteiger partial charge on any atom is -0.330 e. The summed E-state index contributed by atoms with van der Waals surface area (Å²) >= 11 is 0. The summed E-state index contributed by atoms with van der Waals surface area (Å²) in [5.74, 6) is 1.74. The topological polar surface area (TPSA) is 26.0 Å². The van der Waals surface area contributed by atoms with Gasteiger partial charge < -0.3 is 5.73 Å². The Morgan fingerprint density at radius 2 is 1.60 bits per heavy atom. The van der Waals surface area contributed by atoms with Gasteiger partial charge in [-0.05, 0) is 48.6 Å². The number of rotatable bonds is 3. The van der Waals surface area contributed by atoms with Gasteiger partial charge in [-0.1, -0.05) is 56.9 Å². The smallest absolute Gasteiger partial charge is 0.00755 e. The fourth-order valence-electron chi connectivity index (χ4n) is 4.36. The van der Waals surface area contributed by atoms with Gasteiger partial charge in [0.05, 0.1) is 0 Å². The highest BCUT2D eigenvalue weighted by Gasteiger charge is 2.34. The minimum atomic E-state index is 0.291. The van der Waals surface area contributed by atoms with Crippen molar-refractivity contribution in [2.24, 2.45) is 11.7 Å². The van der Waals surface area contributed by atoms with Crippen molar-refractivity contribution in [3.63, 3.8) is 0 Å². The lowest BCUT2D eigenvalue weighted by Crippen LogP contribution is -2.31. The van der Waals surface area contributed by atoms with E-state index in [0.29, 0.717) is 5.41 Å². The van der Waals surface area contributed by atoms with Crippen LogP contribution in [0, 0.1) is 5.92 Å². The highest BCUT2D eigenvalue weighted by molar-refractivity contribution is 5.32. The lowest BCUT2D eigenvalue weighted by Gasteiger charge is -2.30. The molecule has 1 heteroatoms. The zero-order valence-corrected chi connectivity index (χ0v) is 12.9. The average Bonchev–Trinajstić information content (AvgIpc) is 2.98. The van der Waals surface area contributed by atoms with Crippen LogP contribution in [-0.4, -0.2) is 6.54 Å². The molecule has 0 atom stereocenters. The first-order chi connectivity index (χ1) is 9.73. The molecule has 1 nitrogen and oxygen atoms in total. The highest BCUT2D eigenvalue weighted by Crippen LogP contribution is 2.41. The van der Waals surface area contributed by atoms with Crippen LogP contribution < -0.4 is 5.73 Å². The van der Waals surface area contributed by atoms with Gasteiger partial charge in [-0.25, -0.2) is 0 Å². The van der Waals surface area contributed by atoms with E-state index in [1.54, 1.807) is 5.56 Å². The van der Waals surface area contributed by atoms with Gasteiger partial charge in [0, 0.05) is 12.0 Å². The third-order valence-corrected chi connectivity index (χ3v) is 5.96. The van der Waals surface area contributed by atoms with Gasteiger partial charge in [0.15, 0.2) is 0 Å². The van der Waals surface area contributed by atoms with Crippen LogP contribution in [0.25, 0.3) is 0 Å². The standard InChI is InChI=1S/C19H29N/c1-15-4-6-16(7-5-15)17-8-10-18(11-9-17)19(14-20)12-2-3-13-19/h8-11,15-16H,2-7,12-14,20H2,1H3. The summed E-state index contributed by atoms with van der Waals surface area (Å²) < 4.78 is 0. The molecule has 110 valence electrons. The molecule has 0 spiro atoms. The molecule has 0 unspecified atom stereocenters. The van der Waals surface area contributed by atoms with Gasteiger partial charge in [-0.3, -0.25) is 0 Å². The molecule has 2 aliphatic rings. The molecule has 0 saturated heterocycles. The van der Waals surface area contributed by atoms with E-state index < -0.39 is 0 Å². The van der Waals surface area contributed by atoms with E-state index in [-0.39, 0.29) is 0 Å². The van der Waals surface area contributed by atoms with E-state index in [9.17, 15) is 0 Å². The Balaban J connectivity index is 1.74. The zero-order valence-electron chi connectivity index (χ0n) is 12.9. The Morgan fingerprint density at radius 1 is 1.00 bits per heavy atom. The van der Waals surface area contributed by atoms with Gasteiger partial charge in [0.2, 0.25) is 0 Å². The Hall–Kier alpha value is -0.820. The van der Waals surface area contributed by atoms with Crippen molar-refractivity contribution in [1.82, 2.24) is 0 Å². The summed E-state index contributed by atoms with van der Waals surface area (Å²) in [7, 11) is 0. The molecule has 2 N–H and O–H groups in total. The van der Waals surface area contributed by atoms with Crippen LogP contribution in [0.1, 0.15) is 75.3 Å². The molecule has 0 bridgehead atoms. The SMILES string of the molecule is CC1CCC(c2ccc(C3(CN)CCCC3)cc2)CC1. The summed E-state index contributed by atoms with van der Waals surface area (Å²) in [6.45, 7) is 3.21. The van der Waals surface area contributed by atoms with Crippen LogP contribution in [0.5, 0.6) is 0 Å². The second-order valence-corrected chi connectivity index (χ2v) is 7.27. The molecule has 3 rings (SSSR count). The van der Waals surface area contributed by atoms with E-state index in [2.05, 4.69) is 31.2 Å². The van der Waals surface area contributed by atoms with E-state index in [1.807, 2.05) is 0 Å². The third-order valence-electron chi connectivity index (χ3n) is 5.96. The van der Waals surface area contributed by atoms with Crippen LogP contribution >= 0.6 is 0 Å². The molecule has 0 aromatic heterocycles. The van der Waals surface area contributed by atoms with Crippen molar-refractivity contribution >= 4 is 0 Å². The number of nitrogens with two attached hydrogens (primary N) is 1. The molecule has 2 fully saturated rings. The lowest BCUT2D eigenvalue weighted by molar-refractivity contribution is 0.348. The Kier molecular flexibility index (Phi) is 4.16. The maximum Gasteiger partial charge on any atom is 0.00755 e. The first kappa shape index (κ1) is 14.1. The van der Waals surface area contributed by atoms with Crippen molar-refractivity contribution in [3.05, 3.63) is 35.4 Å². The normalized spacial score (nSPS) is 29.5. The molecule has 0 amide bonds. The lowest BCUT2D eigenvalue weighted by atomic mass is 9.76. The number of hydrogen-bond acceptors (Lipinski definition) is 1. The van der Waals surface area contributed by atoms with E-state index >= 15 is 0 Å². The molecule has 1 aromatic rings. The average molecular weight is 271 g/mol. The van der Waals surface area contributed by atoms with Crippen molar-refractivity contribution in [1.29, 1.82) is 0 Å². The van der Waals surface area contributed by atoms with E-state index in [4.69, 9.17) is 5.73 Å². The Labute approximate surface area is 124 Å². The summed E-state index contributed by atoms with van der Waals surface area (Å²) in [5, 5.41) is 0. The molecular weight excluding hydrogens is 242 g/mol. The van der Waals surface area contributed by atoms with Crippen molar-refractivity contribution in [2.45, 2.75) is 69.6 Å². The monoisotopic (exact) mass is 271 g/mol. The second-order valence-electron chi connectivity index (χ2n) is 7.27. The Bertz CT molecular complexity index is 420. The maximum atomic E-state index is 6.10. The first-order valence-corrected chi connectivity index (χ1v) is 8.54. The summed E-state index contributed by atoms with van der Waals surface area (Å²) in [6.07, 6.45) is 10.8. The molecule has 1 aromatic carbocycles. The Morgan fingerprint density at radius 3 is 2.15 bits per heavy atom. The summed E-state index contributed by atoms with van der Waals surface area (Å²) in [6, 6.07) is 9.55. The molecule has 0 heterocycles. The fraction of sp³-hybridized carbons (Fsp3) is 0.684. The van der Waals surface area contributed by atoms with Gasteiger partial charge in [-0.15, -0.1) is 0 Å². The van der Waals surface area contributed by atoms with E-state index in [1.165, 1.54) is 56.9 Å². The van der Waals surface area contributed by atoms with Crippen LogP contribution in [-0.2, 0) is 5.41 Å². The summed E-state index contributed by atoms with van der Waals surface area (Å²) in [4.78, 5) is 0. The molecule has 20 heavy (non-hydrogen) atoms. The fourth-order valence-corrected chi connectivity index (χ4v) is 4.36.